The van der Waals surface area contributed by atoms with Crippen LogP contribution in [-0.2, 0) is 4.74 Å². The van der Waals surface area contributed by atoms with Crippen LogP contribution >= 0.6 is 0 Å². The summed E-state index contributed by atoms with van der Waals surface area (Å²) >= 11 is 0. The van der Waals surface area contributed by atoms with Gasteiger partial charge >= 0.3 is 0 Å². The van der Waals surface area contributed by atoms with Crippen molar-refractivity contribution in [1.82, 2.24) is 4.90 Å². The van der Waals surface area contributed by atoms with Gasteiger partial charge in [0.1, 0.15) is 5.69 Å². The molecule has 0 aliphatic carbocycles. The summed E-state index contributed by atoms with van der Waals surface area (Å²) in [7, 11) is 0. The van der Waals surface area contributed by atoms with Crippen LogP contribution in [0.5, 0.6) is 0 Å². The number of rotatable bonds is 6. The monoisotopic (exact) mass is 323 g/mol. The molecule has 0 saturated carbocycles. The quantitative estimate of drug-likeness (QED) is 0.603. The third-order valence-electron chi connectivity index (χ3n) is 3.81. The van der Waals surface area contributed by atoms with Gasteiger partial charge in [0, 0.05) is 30.8 Å². The third kappa shape index (κ3) is 4.17. The molecular weight excluding hydrogens is 302 g/mol. The molecule has 0 bridgehead atoms. The lowest BCUT2D eigenvalue weighted by Gasteiger charge is -2.27. The molecule has 1 amide bonds. The number of nitro groups is 1. The zero-order valence-corrected chi connectivity index (χ0v) is 13.0. The van der Waals surface area contributed by atoms with Gasteiger partial charge in [-0.15, -0.1) is 0 Å². The highest BCUT2D eigenvalue weighted by atomic mass is 16.6. The lowest BCUT2D eigenvalue weighted by atomic mass is 10.1. The van der Waals surface area contributed by atoms with E-state index in [1.165, 1.54) is 12.1 Å². The van der Waals surface area contributed by atoms with Crippen molar-refractivity contribution in [1.29, 1.82) is 0 Å². The molecule has 2 rings (SSSR count). The van der Waals surface area contributed by atoms with Gasteiger partial charge in [0.25, 0.3) is 11.6 Å². The highest BCUT2D eigenvalue weighted by molar-refractivity contribution is 5.95. The zero-order valence-electron chi connectivity index (χ0n) is 13.0. The van der Waals surface area contributed by atoms with Crippen LogP contribution in [-0.4, -0.2) is 59.8 Å². The van der Waals surface area contributed by atoms with Gasteiger partial charge < -0.3 is 20.1 Å². The molecule has 8 nitrogen and oxygen atoms in total. The molecule has 0 spiro atoms. The first kappa shape index (κ1) is 17.2. The van der Waals surface area contributed by atoms with E-state index in [2.05, 4.69) is 5.32 Å². The van der Waals surface area contributed by atoms with E-state index in [4.69, 9.17) is 4.74 Å². The molecule has 2 N–H and O–H groups in total. The van der Waals surface area contributed by atoms with Crippen LogP contribution in [0, 0.1) is 10.1 Å². The predicted molar refractivity (Wildman–Crippen MR) is 84.6 cm³/mol. The minimum absolute atomic E-state index is 0.123. The molecule has 1 saturated heterocycles. The van der Waals surface area contributed by atoms with Crippen LogP contribution in [0.25, 0.3) is 0 Å². The molecule has 1 aromatic rings. The number of aliphatic hydroxyl groups is 1. The first-order valence-electron chi connectivity index (χ1n) is 7.59. The van der Waals surface area contributed by atoms with E-state index in [0.717, 1.165) is 0 Å². The van der Waals surface area contributed by atoms with Gasteiger partial charge in [-0.05, 0) is 18.6 Å². The fourth-order valence-electron chi connectivity index (χ4n) is 2.38. The Labute approximate surface area is 134 Å². The molecule has 1 aromatic carbocycles. The number of hydrogen-bond donors (Lipinski definition) is 2. The summed E-state index contributed by atoms with van der Waals surface area (Å²) in [5.74, 6) is -0.239. The maximum Gasteiger partial charge on any atom is 0.293 e. The number of anilines is 1. The van der Waals surface area contributed by atoms with Crippen molar-refractivity contribution in [3.63, 3.8) is 0 Å². The number of nitro benzene ring substituents is 1. The summed E-state index contributed by atoms with van der Waals surface area (Å²) in [5.41, 5.74) is 0.409. The minimum Gasteiger partial charge on any atom is -0.394 e. The number of ether oxygens (including phenoxy) is 1. The SMILES string of the molecule is CC[C@H](CO)Nc1ccc(C(=O)N2CCOCC2)cc1[N+](=O)[O-]. The number of aliphatic hydroxyl groups excluding tert-OH is 1. The molecule has 0 unspecified atom stereocenters. The van der Waals surface area contributed by atoms with Gasteiger partial charge in [-0.3, -0.25) is 14.9 Å². The molecule has 1 aliphatic rings. The standard InChI is InChI=1S/C15H21N3O5/c1-2-12(10-19)16-13-4-3-11(9-14(13)18(21)22)15(20)17-5-7-23-8-6-17/h3-4,9,12,16,19H,2,5-8,10H2,1H3/t12-/m1/s1. The minimum atomic E-state index is -0.525. The van der Waals surface area contributed by atoms with Crippen molar-refractivity contribution in [2.24, 2.45) is 0 Å². The molecule has 1 heterocycles. The summed E-state index contributed by atoms with van der Waals surface area (Å²) < 4.78 is 5.20. The van der Waals surface area contributed by atoms with Crippen molar-refractivity contribution < 1.29 is 19.6 Å². The summed E-state index contributed by atoms with van der Waals surface area (Å²) in [4.78, 5) is 24.8. The maximum absolute atomic E-state index is 12.4. The summed E-state index contributed by atoms with van der Waals surface area (Å²) in [5, 5.41) is 23.5. The molecule has 23 heavy (non-hydrogen) atoms. The van der Waals surface area contributed by atoms with Gasteiger partial charge in [-0.1, -0.05) is 6.92 Å². The van der Waals surface area contributed by atoms with E-state index in [0.29, 0.717) is 38.4 Å². The van der Waals surface area contributed by atoms with Crippen LogP contribution < -0.4 is 5.32 Å². The smallest absolute Gasteiger partial charge is 0.293 e. The second-order valence-corrected chi connectivity index (χ2v) is 5.33. The first-order valence-corrected chi connectivity index (χ1v) is 7.59. The number of morpholine rings is 1. The maximum atomic E-state index is 12.4. The molecule has 0 aromatic heterocycles. The Morgan fingerprint density at radius 2 is 2.17 bits per heavy atom. The number of benzene rings is 1. The van der Waals surface area contributed by atoms with Crippen molar-refractivity contribution in [3.8, 4) is 0 Å². The van der Waals surface area contributed by atoms with Gasteiger partial charge in [0.05, 0.1) is 24.7 Å². The number of hydrogen-bond acceptors (Lipinski definition) is 6. The van der Waals surface area contributed by atoms with E-state index in [-0.39, 0.29) is 29.8 Å². The second kappa shape index (κ2) is 7.89. The Hall–Kier alpha value is -2.19. The normalized spacial score (nSPS) is 16.0. The second-order valence-electron chi connectivity index (χ2n) is 5.33. The Morgan fingerprint density at radius 3 is 2.74 bits per heavy atom. The van der Waals surface area contributed by atoms with Crippen LogP contribution in [0.4, 0.5) is 11.4 Å². The van der Waals surface area contributed by atoms with Crippen LogP contribution in [0.15, 0.2) is 18.2 Å². The van der Waals surface area contributed by atoms with E-state index in [1.807, 2.05) is 6.92 Å². The Morgan fingerprint density at radius 1 is 1.48 bits per heavy atom. The zero-order chi connectivity index (χ0) is 16.8. The predicted octanol–water partition coefficient (Wildman–Crippen LogP) is 1.25. The molecular formula is C15H21N3O5. The van der Waals surface area contributed by atoms with Crippen molar-refractivity contribution in [3.05, 3.63) is 33.9 Å². The van der Waals surface area contributed by atoms with Crippen molar-refractivity contribution >= 4 is 17.3 Å². The lowest BCUT2D eigenvalue weighted by molar-refractivity contribution is -0.384. The Balaban J connectivity index is 2.24. The number of amides is 1. The third-order valence-corrected chi connectivity index (χ3v) is 3.81. The van der Waals surface area contributed by atoms with Crippen LogP contribution in [0.2, 0.25) is 0 Å². The average Bonchev–Trinajstić information content (AvgIpc) is 2.59. The van der Waals surface area contributed by atoms with Crippen molar-refractivity contribution in [2.45, 2.75) is 19.4 Å². The van der Waals surface area contributed by atoms with Gasteiger partial charge in [-0.25, -0.2) is 0 Å². The van der Waals surface area contributed by atoms with E-state index in [1.54, 1.807) is 11.0 Å². The topological polar surface area (TPSA) is 105 Å². The first-order chi connectivity index (χ1) is 11.1. The summed E-state index contributed by atoms with van der Waals surface area (Å²) in [6.07, 6.45) is 0.627. The van der Waals surface area contributed by atoms with E-state index in [9.17, 15) is 20.0 Å². The Kier molecular flexibility index (Phi) is 5.89. The number of carbonyl (C=O) groups is 1. The molecule has 126 valence electrons. The molecule has 1 fully saturated rings. The van der Waals surface area contributed by atoms with E-state index >= 15 is 0 Å². The molecule has 0 radical (unpaired) electrons. The van der Waals surface area contributed by atoms with Crippen molar-refractivity contribution in [2.75, 3.05) is 38.2 Å². The molecule has 8 heteroatoms. The average molecular weight is 323 g/mol. The highest BCUT2D eigenvalue weighted by Gasteiger charge is 2.23. The van der Waals surface area contributed by atoms with E-state index < -0.39 is 4.92 Å². The largest absolute Gasteiger partial charge is 0.394 e. The summed E-state index contributed by atoms with van der Waals surface area (Å²) in [6.45, 7) is 3.66. The number of nitrogens with one attached hydrogen (secondary N) is 1. The number of nitrogens with zero attached hydrogens (tertiary/aromatic N) is 2. The highest BCUT2D eigenvalue weighted by Crippen LogP contribution is 2.27. The molecule has 1 aliphatic heterocycles. The molecule has 1 atom stereocenters. The fraction of sp³-hybridized carbons (Fsp3) is 0.533. The Bertz CT molecular complexity index is 568. The van der Waals surface area contributed by atoms with Gasteiger partial charge in [0.15, 0.2) is 0 Å². The van der Waals surface area contributed by atoms with Crippen LogP contribution in [0.3, 0.4) is 0 Å². The lowest BCUT2D eigenvalue weighted by Crippen LogP contribution is -2.40. The number of carbonyl (C=O) groups excluding carboxylic acids is 1. The summed E-state index contributed by atoms with van der Waals surface area (Å²) in [6, 6.07) is 4.10. The van der Waals surface area contributed by atoms with Crippen LogP contribution in [0.1, 0.15) is 23.7 Å². The van der Waals surface area contributed by atoms with Gasteiger partial charge in [-0.2, -0.15) is 0 Å². The van der Waals surface area contributed by atoms with Gasteiger partial charge in [0.2, 0.25) is 0 Å². The fourth-order valence-corrected chi connectivity index (χ4v) is 2.38.